The van der Waals surface area contributed by atoms with E-state index in [9.17, 15) is 9.90 Å². The molecule has 0 radical (unpaired) electrons. The molecule has 1 N–H and O–H groups in total. The third kappa shape index (κ3) is 2.44. The van der Waals surface area contributed by atoms with Crippen molar-refractivity contribution in [3.05, 3.63) is 28.2 Å². The molecular weight excluding hydrogens is 311 g/mol. The molecule has 1 heterocycles. The molecule has 1 aliphatic rings. The van der Waals surface area contributed by atoms with E-state index >= 15 is 0 Å². The first-order chi connectivity index (χ1) is 8.66. The van der Waals surface area contributed by atoms with Crippen LogP contribution in [0.2, 0.25) is 0 Å². The van der Waals surface area contributed by atoms with Gasteiger partial charge in [0.15, 0.2) is 0 Å². The lowest BCUT2D eigenvalue weighted by Gasteiger charge is -2.32. The molecule has 1 aliphatic heterocycles. The van der Waals surface area contributed by atoms with E-state index in [1.165, 1.54) is 0 Å². The first kappa shape index (κ1) is 14.6. The minimum absolute atomic E-state index is 0.181. The molecule has 6 heteroatoms. The van der Waals surface area contributed by atoms with Crippen molar-refractivity contribution in [3.63, 3.8) is 0 Å². The van der Waals surface area contributed by atoms with Crippen molar-refractivity contribution in [2.75, 3.05) is 0 Å². The monoisotopic (exact) mass is 326 g/mol. The lowest BCUT2D eigenvalue weighted by molar-refractivity contribution is 0.00578. The van der Waals surface area contributed by atoms with Crippen LogP contribution in [0.25, 0.3) is 0 Å². The highest BCUT2D eigenvalue weighted by atomic mass is 79.9. The van der Waals surface area contributed by atoms with Crippen molar-refractivity contribution in [2.24, 2.45) is 0 Å². The zero-order valence-electron chi connectivity index (χ0n) is 11.4. The summed E-state index contributed by atoms with van der Waals surface area (Å²) in [5.41, 5.74) is -0.271. The highest BCUT2D eigenvalue weighted by molar-refractivity contribution is 9.10. The Bertz CT molecular complexity index is 511. The van der Waals surface area contributed by atoms with Gasteiger partial charge >= 0.3 is 13.1 Å². The summed E-state index contributed by atoms with van der Waals surface area (Å²) in [5, 5.41) is 9.33. The molecule has 0 aromatic heterocycles. The molecule has 0 unspecified atom stereocenters. The van der Waals surface area contributed by atoms with Crippen LogP contribution < -0.4 is 5.46 Å². The van der Waals surface area contributed by atoms with Crippen LogP contribution in [-0.2, 0) is 9.31 Å². The number of carboxylic acids is 1. The third-order valence-corrected chi connectivity index (χ3v) is 4.43. The lowest BCUT2D eigenvalue weighted by atomic mass is 9.76. The van der Waals surface area contributed by atoms with Gasteiger partial charge in [-0.05, 0) is 55.2 Å². The Labute approximate surface area is 121 Å². The fourth-order valence-electron chi connectivity index (χ4n) is 1.93. The molecule has 1 saturated heterocycles. The summed E-state index contributed by atoms with van der Waals surface area (Å²) >= 11 is 3.26. The average Bonchev–Trinajstić information content (AvgIpc) is 2.47. The highest BCUT2D eigenvalue weighted by Crippen LogP contribution is 2.37. The maximum Gasteiger partial charge on any atom is 0.495 e. The van der Waals surface area contributed by atoms with Gasteiger partial charge in [-0.3, -0.25) is 0 Å². The second-order valence-corrected chi connectivity index (χ2v) is 6.45. The van der Waals surface area contributed by atoms with E-state index in [2.05, 4.69) is 15.9 Å². The molecule has 0 spiro atoms. The van der Waals surface area contributed by atoms with E-state index in [0.717, 1.165) is 0 Å². The van der Waals surface area contributed by atoms with Crippen molar-refractivity contribution in [3.8, 4) is 0 Å². The summed E-state index contributed by atoms with van der Waals surface area (Å²) in [5.74, 6) is -1.00. The predicted molar refractivity (Wildman–Crippen MR) is 76.8 cm³/mol. The number of hydrogen-bond acceptors (Lipinski definition) is 3. The summed E-state index contributed by atoms with van der Waals surface area (Å²) in [7, 11) is -0.673. The van der Waals surface area contributed by atoms with Crippen molar-refractivity contribution < 1.29 is 19.2 Å². The fourth-order valence-corrected chi connectivity index (χ4v) is 2.48. The van der Waals surface area contributed by atoms with Gasteiger partial charge < -0.3 is 14.4 Å². The smallest absolute Gasteiger partial charge is 0.478 e. The van der Waals surface area contributed by atoms with Gasteiger partial charge in [0.2, 0.25) is 0 Å². The second-order valence-electron chi connectivity index (χ2n) is 5.60. The van der Waals surface area contributed by atoms with Gasteiger partial charge in [0.05, 0.1) is 16.8 Å². The number of hydrogen-bond donors (Lipinski definition) is 1. The summed E-state index contributed by atoms with van der Waals surface area (Å²) in [6.45, 7) is 7.74. The van der Waals surface area contributed by atoms with Crippen LogP contribution in [0.4, 0.5) is 0 Å². The van der Waals surface area contributed by atoms with Crippen LogP contribution in [0.3, 0.4) is 0 Å². The number of rotatable bonds is 2. The number of benzene rings is 1. The molecular formula is C13H16BBrO4. The Morgan fingerprint density at radius 1 is 1.21 bits per heavy atom. The molecule has 0 aliphatic carbocycles. The van der Waals surface area contributed by atoms with Crippen molar-refractivity contribution in [1.82, 2.24) is 0 Å². The van der Waals surface area contributed by atoms with E-state index in [4.69, 9.17) is 9.31 Å². The molecule has 19 heavy (non-hydrogen) atoms. The Morgan fingerprint density at radius 2 is 1.74 bits per heavy atom. The molecule has 102 valence electrons. The van der Waals surface area contributed by atoms with Crippen LogP contribution in [0.5, 0.6) is 0 Å². The van der Waals surface area contributed by atoms with E-state index < -0.39 is 24.3 Å². The zero-order chi connectivity index (χ0) is 14.4. The Hall–Kier alpha value is -0.845. The van der Waals surface area contributed by atoms with Gasteiger partial charge in [0.25, 0.3) is 0 Å². The van der Waals surface area contributed by atoms with Crippen LogP contribution in [0.15, 0.2) is 22.7 Å². The molecule has 1 fully saturated rings. The Morgan fingerprint density at radius 3 is 2.21 bits per heavy atom. The maximum absolute atomic E-state index is 11.4. The van der Waals surface area contributed by atoms with E-state index in [0.29, 0.717) is 9.94 Å². The maximum atomic E-state index is 11.4. The van der Waals surface area contributed by atoms with Gasteiger partial charge in [-0.15, -0.1) is 0 Å². The second kappa shape index (κ2) is 4.61. The number of aromatic carboxylic acids is 1. The Kier molecular flexibility index (Phi) is 3.54. The van der Waals surface area contributed by atoms with Crippen molar-refractivity contribution in [1.29, 1.82) is 0 Å². The molecule has 0 bridgehead atoms. The number of carbonyl (C=O) groups is 1. The molecule has 4 nitrogen and oxygen atoms in total. The van der Waals surface area contributed by atoms with E-state index in [1.807, 2.05) is 27.7 Å². The zero-order valence-corrected chi connectivity index (χ0v) is 12.9. The molecule has 0 amide bonds. The van der Waals surface area contributed by atoms with Gasteiger partial charge in [-0.25, -0.2) is 4.79 Å². The standard InChI is InChI=1S/C13H16BBrO4/c1-12(2)13(3,4)19-14(18-12)8-6-5-7-9(15)10(8)11(16)17/h5-7H,1-4H3,(H,16,17). The average molecular weight is 327 g/mol. The molecule has 0 saturated carbocycles. The Balaban J connectivity index is 2.46. The summed E-state index contributed by atoms with van der Waals surface area (Å²) < 4.78 is 12.3. The van der Waals surface area contributed by atoms with E-state index in [1.54, 1.807) is 18.2 Å². The number of halogens is 1. The highest BCUT2D eigenvalue weighted by Gasteiger charge is 2.52. The summed E-state index contributed by atoms with van der Waals surface area (Å²) in [4.78, 5) is 11.4. The summed E-state index contributed by atoms with van der Waals surface area (Å²) in [6.07, 6.45) is 0. The minimum atomic E-state index is -1.00. The predicted octanol–water partition coefficient (Wildman–Crippen LogP) is 2.45. The van der Waals surface area contributed by atoms with Crippen molar-refractivity contribution in [2.45, 2.75) is 38.9 Å². The van der Waals surface area contributed by atoms with Crippen molar-refractivity contribution >= 4 is 34.5 Å². The normalized spacial score (nSPS) is 20.6. The number of carboxylic acid groups (broad SMARTS) is 1. The van der Waals surface area contributed by atoms with Crippen LogP contribution in [0.1, 0.15) is 38.1 Å². The molecule has 0 atom stereocenters. The van der Waals surface area contributed by atoms with Gasteiger partial charge in [0.1, 0.15) is 0 Å². The SMILES string of the molecule is CC1(C)OB(c2cccc(Br)c2C(=O)O)OC1(C)C. The van der Waals surface area contributed by atoms with E-state index in [-0.39, 0.29) is 5.56 Å². The minimum Gasteiger partial charge on any atom is -0.478 e. The molecule has 1 aromatic rings. The lowest BCUT2D eigenvalue weighted by Crippen LogP contribution is -2.41. The van der Waals surface area contributed by atoms with Crippen LogP contribution >= 0.6 is 15.9 Å². The first-order valence-electron chi connectivity index (χ1n) is 6.03. The van der Waals surface area contributed by atoms with Crippen LogP contribution in [0, 0.1) is 0 Å². The first-order valence-corrected chi connectivity index (χ1v) is 6.82. The summed E-state index contributed by atoms with van der Waals surface area (Å²) in [6, 6.07) is 5.19. The topological polar surface area (TPSA) is 55.8 Å². The van der Waals surface area contributed by atoms with Gasteiger partial charge in [-0.1, -0.05) is 12.1 Å². The fraction of sp³-hybridized carbons (Fsp3) is 0.462. The van der Waals surface area contributed by atoms with Crippen LogP contribution in [-0.4, -0.2) is 29.4 Å². The van der Waals surface area contributed by atoms with Gasteiger partial charge in [0, 0.05) is 4.47 Å². The largest absolute Gasteiger partial charge is 0.495 e. The third-order valence-electron chi connectivity index (χ3n) is 3.77. The quantitative estimate of drug-likeness (QED) is 0.848. The molecule has 2 rings (SSSR count). The van der Waals surface area contributed by atoms with Gasteiger partial charge in [-0.2, -0.15) is 0 Å². The molecule has 1 aromatic carbocycles.